The van der Waals surface area contributed by atoms with E-state index in [9.17, 15) is 4.79 Å². The van der Waals surface area contributed by atoms with Gasteiger partial charge in [-0.2, -0.15) is 0 Å². The number of halogens is 1. The van der Waals surface area contributed by atoms with Crippen molar-refractivity contribution >= 4 is 35.8 Å². The molecule has 0 aromatic heterocycles. The molecular formula is C23H40IN5O2. The van der Waals surface area contributed by atoms with Crippen molar-refractivity contribution in [2.75, 3.05) is 59.5 Å². The summed E-state index contributed by atoms with van der Waals surface area (Å²) in [5, 5.41) is 3.89. The smallest absolute Gasteiger partial charge is 0.236 e. The molecule has 2 saturated carbocycles. The summed E-state index contributed by atoms with van der Waals surface area (Å²) < 4.78 is 6.15. The maximum absolute atomic E-state index is 12.6. The van der Waals surface area contributed by atoms with Gasteiger partial charge in [-0.1, -0.05) is 12.8 Å². The van der Waals surface area contributed by atoms with Crippen molar-refractivity contribution in [2.45, 2.75) is 63.5 Å². The molecule has 5 rings (SSSR count). The molecule has 1 N–H and O–H groups in total. The lowest BCUT2D eigenvalue weighted by Gasteiger charge is -2.57. The first-order chi connectivity index (χ1) is 14.7. The van der Waals surface area contributed by atoms with E-state index < -0.39 is 0 Å². The number of guanidine groups is 1. The molecule has 31 heavy (non-hydrogen) atoms. The second-order valence-electron chi connectivity index (χ2n) is 10.1. The number of aliphatic imine (C=N–C) groups is 1. The summed E-state index contributed by atoms with van der Waals surface area (Å²) in [7, 11) is 1.91. The quantitative estimate of drug-likeness (QED) is 0.335. The number of nitrogens with one attached hydrogen (secondary N) is 1. The minimum absolute atomic E-state index is 0. The number of ether oxygens (including phenoxy) is 1. The van der Waals surface area contributed by atoms with Crippen molar-refractivity contribution < 1.29 is 9.53 Å². The highest BCUT2D eigenvalue weighted by atomic mass is 127. The third-order valence-corrected chi connectivity index (χ3v) is 8.52. The zero-order valence-corrected chi connectivity index (χ0v) is 21.4. The summed E-state index contributed by atoms with van der Waals surface area (Å²) in [6.45, 7) is 7.16. The summed E-state index contributed by atoms with van der Waals surface area (Å²) in [5.41, 5.74) is 0.347. The normalized spacial score (nSPS) is 33.1. The molecule has 1 amide bonds. The number of piperazine rings is 1. The number of nitrogens with zero attached hydrogens (tertiary/aromatic N) is 4. The van der Waals surface area contributed by atoms with Gasteiger partial charge in [-0.3, -0.25) is 14.7 Å². The van der Waals surface area contributed by atoms with Crippen molar-refractivity contribution in [1.29, 1.82) is 0 Å². The average molecular weight is 546 g/mol. The molecule has 0 aromatic rings. The number of carbonyl (C=O) groups excluding carboxylic acids is 1. The molecule has 3 unspecified atom stereocenters. The van der Waals surface area contributed by atoms with Crippen LogP contribution in [0, 0.1) is 11.3 Å². The van der Waals surface area contributed by atoms with Gasteiger partial charge in [-0.15, -0.1) is 24.0 Å². The largest absolute Gasteiger partial charge is 0.377 e. The number of fused-ring (bicyclic) bond motifs is 2. The fourth-order valence-corrected chi connectivity index (χ4v) is 6.89. The lowest BCUT2D eigenvalue weighted by Crippen LogP contribution is -2.70. The van der Waals surface area contributed by atoms with E-state index in [1.807, 2.05) is 7.05 Å². The Bertz CT molecular complexity index is 654. The van der Waals surface area contributed by atoms with Crippen molar-refractivity contribution in [2.24, 2.45) is 16.3 Å². The summed E-state index contributed by atoms with van der Waals surface area (Å²) in [4.78, 5) is 24.0. The molecule has 3 saturated heterocycles. The Kier molecular flexibility index (Phi) is 7.68. The fourth-order valence-electron chi connectivity index (χ4n) is 6.89. The van der Waals surface area contributed by atoms with E-state index in [1.54, 1.807) is 0 Å². The monoisotopic (exact) mass is 545 g/mol. The summed E-state index contributed by atoms with van der Waals surface area (Å²) in [6.07, 6.45) is 10.5. The minimum Gasteiger partial charge on any atom is -0.377 e. The van der Waals surface area contributed by atoms with Crippen LogP contribution in [0.2, 0.25) is 0 Å². The van der Waals surface area contributed by atoms with E-state index in [0.29, 0.717) is 35.9 Å². The molecule has 0 bridgehead atoms. The molecule has 0 aromatic carbocycles. The van der Waals surface area contributed by atoms with Crippen LogP contribution in [-0.4, -0.2) is 98.2 Å². The van der Waals surface area contributed by atoms with Gasteiger partial charge in [0.25, 0.3) is 0 Å². The SMILES string of the molecule is CN=C(NC1C2CCOC2C12CCCC2)N1CCN(CC(=O)N2CCCCC2)CC1.I. The predicted molar refractivity (Wildman–Crippen MR) is 133 cm³/mol. The third-order valence-electron chi connectivity index (χ3n) is 8.52. The molecule has 3 atom stereocenters. The van der Waals surface area contributed by atoms with Gasteiger partial charge in [0, 0.05) is 70.3 Å². The molecule has 3 aliphatic heterocycles. The highest BCUT2D eigenvalue weighted by molar-refractivity contribution is 14.0. The Balaban J connectivity index is 0.00000231. The number of hydrogen-bond donors (Lipinski definition) is 1. The number of hydrogen-bond acceptors (Lipinski definition) is 4. The van der Waals surface area contributed by atoms with Crippen molar-refractivity contribution in [3.63, 3.8) is 0 Å². The molecule has 3 heterocycles. The van der Waals surface area contributed by atoms with Gasteiger partial charge in [-0.25, -0.2) is 0 Å². The van der Waals surface area contributed by atoms with E-state index in [4.69, 9.17) is 4.74 Å². The first kappa shape index (κ1) is 23.5. The number of rotatable bonds is 3. The molecule has 176 valence electrons. The van der Waals surface area contributed by atoms with E-state index in [-0.39, 0.29) is 24.0 Å². The van der Waals surface area contributed by atoms with Crippen LogP contribution in [0.25, 0.3) is 0 Å². The maximum Gasteiger partial charge on any atom is 0.236 e. The topological polar surface area (TPSA) is 60.4 Å². The van der Waals surface area contributed by atoms with Gasteiger partial charge in [0.2, 0.25) is 5.91 Å². The first-order valence-corrected chi connectivity index (χ1v) is 12.3. The van der Waals surface area contributed by atoms with Crippen LogP contribution >= 0.6 is 24.0 Å². The van der Waals surface area contributed by atoms with E-state index in [2.05, 4.69) is 25.0 Å². The molecule has 8 heteroatoms. The van der Waals surface area contributed by atoms with Crippen LogP contribution in [0.3, 0.4) is 0 Å². The highest BCUT2D eigenvalue weighted by Gasteiger charge is 2.65. The predicted octanol–water partition coefficient (Wildman–Crippen LogP) is 2.16. The summed E-state index contributed by atoms with van der Waals surface area (Å²) in [5.74, 6) is 2.03. The van der Waals surface area contributed by atoms with Crippen LogP contribution in [0.4, 0.5) is 0 Å². The van der Waals surface area contributed by atoms with Crippen molar-refractivity contribution in [1.82, 2.24) is 20.0 Å². The molecule has 5 fully saturated rings. The van der Waals surface area contributed by atoms with Gasteiger partial charge in [0.15, 0.2) is 5.96 Å². The van der Waals surface area contributed by atoms with Gasteiger partial charge in [0.05, 0.1) is 12.6 Å². The standard InChI is InChI=1S/C23H39N5O2.HI/c1-24-22(25-20-18-7-16-30-21(18)23(20)8-3-4-9-23)28-14-12-26(13-15-28)17-19(29)27-10-5-2-6-11-27;/h18,20-21H,2-17H2,1H3,(H,24,25);1H. The minimum atomic E-state index is 0. The first-order valence-electron chi connectivity index (χ1n) is 12.3. The zero-order valence-electron chi connectivity index (χ0n) is 19.1. The lowest BCUT2D eigenvalue weighted by atomic mass is 9.54. The van der Waals surface area contributed by atoms with Crippen molar-refractivity contribution in [3.05, 3.63) is 0 Å². The molecule has 7 nitrogen and oxygen atoms in total. The number of likely N-dealkylation sites (tertiary alicyclic amines) is 1. The molecular weight excluding hydrogens is 505 g/mol. The third kappa shape index (κ3) is 4.45. The Morgan fingerprint density at radius 3 is 2.39 bits per heavy atom. The Morgan fingerprint density at radius 2 is 1.71 bits per heavy atom. The zero-order chi connectivity index (χ0) is 20.6. The van der Waals surface area contributed by atoms with Gasteiger partial charge in [-0.05, 0) is 38.5 Å². The molecule has 0 radical (unpaired) electrons. The number of piperidine rings is 1. The summed E-state index contributed by atoms with van der Waals surface area (Å²) in [6, 6.07) is 0.518. The van der Waals surface area contributed by atoms with Gasteiger partial charge in [0.1, 0.15) is 0 Å². The summed E-state index contributed by atoms with van der Waals surface area (Å²) >= 11 is 0. The van der Waals surface area contributed by atoms with Crippen LogP contribution in [0.5, 0.6) is 0 Å². The van der Waals surface area contributed by atoms with Crippen LogP contribution < -0.4 is 5.32 Å². The number of carbonyl (C=O) groups is 1. The van der Waals surface area contributed by atoms with Gasteiger partial charge >= 0.3 is 0 Å². The Morgan fingerprint density at radius 1 is 1.00 bits per heavy atom. The van der Waals surface area contributed by atoms with Crippen LogP contribution in [0.15, 0.2) is 4.99 Å². The average Bonchev–Trinajstić information content (AvgIpc) is 3.45. The molecule has 2 aliphatic carbocycles. The molecule has 1 spiro atoms. The van der Waals surface area contributed by atoms with E-state index >= 15 is 0 Å². The van der Waals surface area contributed by atoms with Crippen LogP contribution in [0.1, 0.15) is 51.4 Å². The second kappa shape index (κ2) is 10.1. The Hall–Kier alpha value is -0.610. The maximum atomic E-state index is 12.6. The fraction of sp³-hybridized carbons (Fsp3) is 0.913. The van der Waals surface area contributed by atoms with E-state index in [1.165, 1.54) is 38.5 Å². The lowest BCUT2D eigenvalue weighted by molar-refractivity contribution is -0.133. The van der Waals surface area contributed by atoms with Crippen LogP contribution in [-0.2, 0) is 9.53 Å². The van der Waals surface area contributed by atoms with Crippen molar-refractivity contribution in [3.8, 4) is 0 Å². The molecule has 5 aliphatic rings. The number of amides is 1. The second-order valence-corrected chi connectivity index (χ2v) is 10.1. The van der Waals surface area contributed by atoms with E-state index in [0.717, 1.165) is 64.7 Å². The Labute approximate surface area is 204 Å². The van der Waals surface area contributed by atoms with Gasteiger partial charge < -0.3 is 19.9 Å². The highest BCUT2D eigenvalue weighted by Crippen LogP contribution is 2.60.